The normalized spacial score (nSPS) is 33.4. The Morgan fingerprint density at radius 1 is 1.50 bits per heavy atom. The second kappa shape index (κ2) is 4.01. The van der Waals surface area contributed by atoms with Crippen molar-refractivity contribution >= 4 is 0 Å². The van der Waals surface area contributed by atoms with Crippen LogP contribution in [0, 0.1) is 17.8 Å². The van der Waals surface area contributed by atoms with Crippen molar-refractivity contribution in [2.24, 2.45) is 17.8 Å². The lowest BCUT2D eigenvalue weighted by Crippen LogP contribution is -2.35. The standard InChI is InChI=1S/C12H17N3O/c1-8(13-6-12-14-7-16-15-12)11-5-9-2-3-10(11)4-9/h2-3,7-11,13H,4-6H2,1H3. The third kappa shape index (κ3) is 1.78. The number of hydrogen-bond donors (Lipinski definition) is 1. The van der Waals surface area contributed by atoms with Crippen LogP contribution in [0.4, 0.5) is 0 Å². The van der Waals surface area contributed by atoms with Crippen LogP contribution in [0.15, 0.2) is 23.1 Å². The molecule has 1 saturated carbocycles. The minimum atomic E-state index is 0.526. The Bertz CT molecular complexity index is 374. The molecule has 4 heteroatoms. The van der Waals surface area contributed by atoms with E-state index in [1.54, 1.807) is 0 Å². The van der Waals surface area contributed by atoms with Crippen molar-refractivity contribution in [1.29, 1.82) is 0 Å². The van der Waals surface area contributed by atoms with Gasteiger partial charge in [0, 0.05) is 6.04 Å². The number of hydrogen-bond acceptors (Lipinski definition) is 4. The molecule has 0 spiro atoms. The zero-order valence-corrected chi connectivity index (χ0v) is 9.47. The summed E-state index contributed by atoms with van der Waals surface area (Å²) < 4.78 is 4.71. The second-order valence-corrected chi connectivity index (χ2v) is 4.96. The molecule has 86 valence electrons. The van der Waals surface area contributed by atoms with Gasteiger partial charge in [0.2, 0.25) is 6.39 Å². The molecule has 0 aromatic carbocycles. The van der Waals surface area contributed by atoms with Crippen LogP contribution >= 0.6 is 0 Å². The first-order valence-corrected chi connectivity index (χ1v) is 6.00. The van der Waals surface area contributed by atoms with Gasteiger partial charge < -0.3 is 9.84 Å². The van der Waals surface area contributed by atoms with Gasteiger partial charge in [-0.15, -0.1) is 0 Å². The van der Waals surface area contributed by atoms with Crippen molar-refractivity contribution < 1.29 is 4.52 Å². The van der Waals surface area contributed by atoms with Crippen molar-refractivity contribution in [1.82, 2.24) is 15.5 Å². The first-order chi connectivity index (χ1) is 7.83. The molecule has 4 unspecified atom stereocenters. The molecule has 1 heterocycles. The Hall–Kier alpha value is -1.16. The molecular formula is C12H17N3O. The third-order valence-electron chi connectivity index (χ3n) is 3.96. The Morgan fingerprint density at radius 3 is 3.06 bits per heavy atom. The van der Waals surface area contributed by atoms with Crippen LogP contribution in [0.5, 0.6) is 0 Å². The quantitative estimate of drug-likeness (QED) is 0.784. The molecule has 16 heavy (non-hydrogen) atoms. The fourth-order valence-electron chi connectivity index (χ4n) is 3.07. The Kier molecular flexibility index (Phi) is 2.52. The maximum Gasteiger partial charge on any atom is 0.213 e. The van der Waals surface area contributed by atoms with Gasteiger partial charge in [-0.1, -0.05) is 17.3 Å². The molecule has 4 atom stereocenters. The SMILES string of the molecule is CC(NCc1ncon1)C1CC2C=CC1C2. The summed E-state index contributed by atoms with van der Waals surface area (Å²) in [6.07, 6.45) is 8.85. The predicted octanol–water partition coefficient (Wildman–Crippen LogP) is 1.76. The molecule has 1 fully saturated rings. The highest BCUT2D eigenvalue weighted by Crippen LogP contribution is 2.44. The summed E-state index contributed by atoms with van der Waals surface area (Å²) >= 11 is 0. The van der Waals surface area contributed by atoms with E-state index in [1.807, 2.05) is 0 Å². The summed E-state index contributed by atoms with van der Waals surface area (Å²) in [6, 6.07) is 0.526. The van der Waals surface area contributed by atoms with E-state index in [1.165, 1.54) is 19.2 Å². The van der Waals surface area contributed by atoms with E-state index >= 15 is 0 Å². The molecule has 0 aliphatic heterocycles. The zero-order valence-electron chi connectivity index (χ0n) is 9.47. The number of rotatable bonds is 4. The van der Waals surface area contributed by atoms with E-state index in [9.17, 15) is 0 Å². The van der Waals surface area contributed by atoms with Crippen LogP contribution < -0.4 is 5.32 Å². The number of aromatic nitrogens is 2. The van der Waals surface area contributed by atoms with Crippen LogP contribution in [0.1, 0.15) is 25.6 Å². The molecule has 3 rings (SSSR count). The highest BCUT2D eigenvalue weighted by atomic mass is 16.5. The van der Waals surface area contributed by atoms with E-state index in [2.05, 4.69) is 34.5 Å². The Morgan fingerprint density at radius 2 is 2.44 bits per heavy atom. The molecule has 0 radical (unpaired) electrons. The average Bonchev–Trinajstić information content (AvgIpc) is 3.01. The molecule has 2 aliphatic carbocycles. The van der Waals surface area contributed by atoms with Crippen molar-refractivity contribution in [2.75, 3.05) is 0 Å². The van der Waals surface area contributed by atoms with Crippen LogP contribution in [0.25, 0.3) is 0 Å². The highest BCUT2D eigenvalue weighted by Gasteiger charge is 2.38. The van der Waals surface area contributed by atoms with Crippen molar-refractivity contribution in [3.8, 4) is 0 Å². The van der Waals surface area contributed by atoms with Gasteiger partial charge in [-0.2, -0.15) is 4.98 Å². The number of nitrogens with one attached hydrogen (secondary N) is 1. The largest absolute Gasteiger partial charge is 0.343 e. The maximum absolute atomic E-state index is 4.71. The lowest BCUT2D eigenvalue weighted by molar-refractivity contribution is 0.321. The second-order valence-electron chi connectivity index (χ2n) is 4.96. The summed E-state index contributed by atoms with van der Waals surface area (Å²) in [6.45, 7) is 2.97. The first kappa shape index (κ1) is 10.0. The molecule has 0 saturated heterocycles. The van der Waals surface area contributed by atoms with Gasteiger partial charge in [0.1, 0.15) is 0 Å². The summed E-state index contributed by atoms with van der Waals surface area (Å²) in [4.78, 5) is 4.01. The number of fused-ring (bicyclic) bond motifs is 2. The number of allylic oxidation sites excluding steroid dienone is 2. The van der Waals surface area contributed by atoms with Gasteiger partial charge in [0.15, 0.2) is 5.82 Å². The zero-order chi connectivity index (χ0) is 11.0. The summed E-state index contributed by atoms with van der Waals surface area (Å²) in [7, 11) is 0. The van der Waals surface area contributed by atoms with Gasteiger partial charge in [-0.05, 0) is 37.5 Å². The Balaban J connectivity index is 1.54. The topological polar surface area (TPSA) is 51.0 Å². The molecule has 2 aliphatic rings. The van der Waals surface area contributed by atoms with E-state index in [-0.39, 0.29) is 0 Å². The van der Waals surface area contributed by atoms with E-state index in [0.29, 0.717) is 12.6 Å². The first-order valence-electron chi connectivity index (χ1n) is 6.00. The van der Waals surface area contributed by atoms with E-state index in [4.69, 9.17) is 4.52 Å². The summed E-state index contributed by atoms with van der Waals surface area (Å²) in [5.74, 6) is 3.15. The third-order valence-corrected chi connectivity index (χ3v) is 3.96. The summed E-state index contributed by atoms with van der Waals surface area (Å²) in [5, 5.41) is 7.29. The van der Waals surface area contributed by atoms with Gasteiger partial charge >= 0.3 is 0 Å². The molecule has 1 N–H and O–H groups in total. The van der Waals surface area contributed by atoms with E-state index in [0.717, 1.165) is 23.6 Å². The maximum atomic E-state index is 4.71. The van der Waals surface area contributed by atoms with Crippen LogP contribution in [0.3, 0.4) is 0 Å². The van der Waals surface area contributed by atoms with Crippen molar-refractivity contribution in [2.45, 2.75) is 32.4 Å². The molecular weight excluding hydrogens is 202 g/mol. The van der Waals surface area contributed by atoms with Crippen LogP contribution in [-0.2, 0) is 6.54 Å². The smallest absolute Gasteiger partial charge is 0.213 e. The lowest BCUT2D eigenvalue weighted by Gasteiger charge is -2.25. The van der Waals surface area contributed by atoms with E-state index < -0.39 is 0 Å². The Labute approximate surface area is 95.1 Å². The predicted molar refractivity (Wildman–Crippen MR) is 59.4 cm³/mol. The average molecular weight is 219 g/mol. The van der Waals surface area contributed by atoms with Gasteiger partial charge in [0.05, 0.1) is 6.54 Å². The highest BCUT2D eigenvalue weighted by molar-refractivity contribution is 5.11. The fourth-order valence-corrected chi connectivity index (χ4v) is 3.07. The lowest BCUT2D eigenvalue weighted by atomic mass is 9.87. The molecule has 1 aromatic rings. The minimum absolute atomic E-state index is 0.526. The molecule has 2 bridgehead atoms. The minimum Gasteiger partial charge on any atom is -0.343 e. The van der Waals surface area contributed by atoms with Gasteiger partial charge in [-0.3, -0.25) is 0 Å². The van der Waals surface area contributed by atoms with Gasteiger partial charge in [-0.25, -0.2) is 0 Å². The van der Waals surface area contributed by atoms with Crippen molar-refractivity contribution in [3.05, 3.63) is 24.4 Å². The monoisotopic (exact) mass is 219 g/mol. The fraction of sp³-hybridized carbons (Fsp3) is 0.667. The van der Waals surface area contributed by atoms with Crippen LogP contribution in [0.2, 0.25) is 0 Å². The van der Waals surface area contributed by atoms with Crippen molar-refractivity contribution in [3.63, 3.8) is 0 Å². The number of nitrogens with zero attached hydrogens (tertiary/aromatic N) is 2. The molecule has 0 amide bonds. The van der Waals surface area contributed by atoms with Gasteiger partial charge in [0.25, 0.3) is 0 Å². The van der Waals surface area contributed by atoms with Crippen LogP contribution in [-0.4, -0.2) is 16.2 Å². The summed E-state index contributed by atoms with van der Waals surface area (Å²) in [5.41, 5.74) is 0. The molecule has 4 nitrogen and oxygen atoms in total. The molecule has 1 aromatic heterocycles.